The van der Waals surface area contributed by atoms with Gasteiger partial charge in [0.15, 0.2) is 5.75 Å². The molecule has 6 N–H and O–H groups in total. The number of aromatic nitrogens is 2. The number of ketones is 1. The number of carbonyl (C=O) groups is 3. The first kappa shape index (κ1) is 42.1. The number of imidazole rings is 1. The van der Waals surface area contributed by atoms with Gasteiger partial charge in [0.2, 0.25) is 0 Å². The number of anilines is 1. The fourth-order valence-corrected chi connectivity index (χ4v) is 8.08. The van der Waals surface area contributed by atoms with E-state index in [4.69, 9.17) is 23.9 Å². The number of hydrogen-bond acceptors (Lipinski definition) is 13. The molecule has 0 fully saturated rings. The van der Waals surface area contributed by atoms with Gasteiger partial charge in [-0.3, -0.25) is 18.8 Å². The van der Waals surface area contributed by atoms with Gasteiger partial charge in [0, 0.05) is 67.3 Å². The van der Waals surface area contributed by atoms with Crippen LogP contribution in [0.4, 0.5) is 5.69 Å². The van der Waals surface area contributed by atoms with E-state index in [1.165, 1.54) is 65.4 Å². The standard InChI is InChI=1S/C43H51N3O12/c1-19-13-15-46-28(17-19)44-32-29-30-37(51)24(6)40-31(29)41(53)43(8,58-40)56-16-14-27(55-9)21(3)39(57-25(7)48)23(5)35(49)22(4)36(50)26(18-47)12-10-11-20(2)42(54)45-33(34(32)46)38(30)52/h10-17,21-23,26-27,35-36,39,47,49-52H,18H2,1-9H3,(H,45,54)/b12-10+,16-14+,20-11-/t21-,22+,23-,26-,27+,35-,36-,39-,43+/m1/s1. The molecule has 2 aliphatic rings. The fraction of sp³-hybridized carbons (Fsp3) is 0.442. The molecule has 0 aliphatic carbocycles. The molecule has 1 amide bonds. The van der Waals surface area contributed by atoms with Crippen LogP contribution in [0.5, 0.6) is 17.2 Å². The van der Waals surface area contributed by atoms with Crippen molar-refractivity contribution < 1.29 is 58.9 Å². The van der Waals surface area contributed by atoms with Crippen molar-refractivity contribution in [1.29, 1.82) is 0 Å². The predicted octanol–water partition coefficient (Wildman–Crippen LogP) is 5.13. The van der Waals surface area contributed by atoms with E-state index < -0.39 is 89.6 Å². The molecular weight excluding hydrogens is 750 g/mol. The van der Waals surface area contributed by atoms with Gasteiger partial charge in [-0.1, -0.05) is 39.0 Å². The number of amides is 1. The Bertz CT molecular complexity index is 2400. The summed E-state index contributed by atoms with van der Waals surface area (Å²) in [5.74, 6) is -7.84. The van der Waals surface area contributed by atoms with Crippen molar-refractivity contribution in [2.45, 2.75) is 85.6 Å². The maximum atomic E-state index is 14.6. The minimum absolute atomic E-state index is 0.000635. The number of nitrogens with zero attached hydrogens (tertiary/aromatic N) is 2. The number of pyridine rings is 1. The number of aromatic hydroxyl groups is 2. The second-order valence-electron chi connectivity index (χ2n) is 15.6. The predicted molar refractivity (Wildman–Crippen MR) is 215 cm³/mol. The van der Waals surface area contributed by atoms with Crippen LogP contribution in [0.1, 0.15) is 63.0 Å². The number of phenolic OH excluding ortho intramolecular Hbond substituents is 2. The highest BCUT2D eigenvalue weighted by molar-refractivity contribution is 6.28. The number of Topliss-reactive ketones (excluding diaryl/α,β-unsaturated/α-hetero) is 1. The number of nitrogens with one attached hydrogen (secondary N) is 1. The second kappa shape index (κ2) is 16.0. The van der Waals surface area contributed by atoms with Gasteiger partial charge in [-0.15, -0.1) is 0 Å². The molecule has 4 bridgehead atoms. The van der Waals surface area contributed by atoms with E-state index in [0.29, 0.717) is 5.65 Å². The Hall–Kier alpha value is -5.48. The molecule has 0 saturated carbocycles. The molecule has 2 aliphatic heterocycles. The molecule has 4 aromatic rings. The Labute approximate surface area is 335 Å². The normalized spacial score (nSPS) is 30.5. The molecule has 2 aromatic carbocycles. The number of hydrogen-bond donors (Lipinski definition) is 6. The van der Waals surface area contributed by atoms with Crippen molar-refractivity contribution in [3.05, 3.63) is 71.2 Å². The third-order valence-electron chi connectivity index (χ3n) is 11.6. The van der Waals surface area contributed by atoms with Crippen LogP contribution in [0.3, 0.4) is 0 Å². The summed E-state index contributed by atoms with van der Waals surface area (Å²) in [6, 6.07) is 3.60. The first-order valence-corrected chi connectivity index (χ1v) is 19.1. The maximum absolute atomic E-state index is 14.6. The molecule has 310 valence electrons. The van der Waals surface area contributed by atoms with Crippen LogP contribution < -0.4 is 10.1 Å². The highest BCUT2D eigenvalue weighted by atomic mass is 16.7. The van der Waals surface area contributed by atoms with Crippen molar-refractivity contribution in [3.63, 3.8) is 0 Å². The smallest absolute Gasteiger partial charge is 0.312 e. The first-order chi connectivity index (χ1) is 27.4. The Balaban J connectivity index is 1.58. The fourth-order valence-electron chi connectivity index (χ4n) is 8.08. The van der Waals surface area contributed by atoms with Crippen LogP contribution in [0.25, 0.3) is 27.5 Å². The third kappa shape index (κ3) is 7.16. The zero-order valence-corrected chi connectivity index (χ0v) is 33.9. The molecule has 0 radical (unpaired) electrons. The number of ether oxygens (including phenoxy) is 4. The number of fused-ring (bicyclic) bond motifs is 2. The van der Waals surface area contributed by atoms with E-state index in [1.54, 1.807) is 37.4 Å². The van der Waals surface area contributed by atoms with E-state index in [0.717, 1.165) is 5.56 Å². The lowest BCUT2D eigenvalue weighted by atomic mass is 9.78. The van der Waals surface area contributed by atoms with Crippen molar-refractivity contribution in [2.75, 3.05) is 19.0 Å². The minimum atomic E-state index is -1.98. The number of methoxy groups -OCH3 is 1. The van der Waals surface area contributed by atoms with Crippen LogP contribution in [-0.4, -0.2) is 96.5 Å². The molecule has 0 spiro atoms. The van der Waals surface area contributed by atoms with Crippen LogP contribution >= 0.6 is 0 Å². The summed E-state index contributed by atoms with van der Waals surface area (Å²) in [6.45, 7) is 12.1. The van der Waals surface area contributed by atoms with Crippen LogP contribution in [0.15, 0.2) is 54.5 Å². The van der Waals surface area contributed by atoms with Gasteiger partial charge in [0.25, 0.3) is 11.7 Å². The number of aryl methyl sites for hydroxylation is 1. The van der Waals surface area contributed by atoms with Gasteiger partial charge in [-0.05, 0) is 44.5 Å². The van der Waals surface area contributed by atoms with Crippen LogP contribution in [-0.2, 0) is 23.8 Å². The van der Waals surface area contributed by atoms with Gasteiger partial charge < -0.3 is 49.8 Å². The summed E-state index contributed by atoms with van der Waals surface area (Å²) in [7, 11) is 1.44. The number of aliphatic hydroxyl groups is 3. The summed E-state index contributed by atoms with van der Waals surface area (Å²) in [6.07, 6.45) is 4.69. The lowest BCUT2D eigenvalue weighted by Gasteiger charge is -2.38. The quantitative estimate of drug-likeness (QED) is 0.117. The molecule has 58 heavy (non-hydrogen) atoms. The maximum Gasteiger partial charge on any atom is 0.312 e. The van der Waals surface area contributed by atoms with Gasteiger partial charge >= 0.3 is 11.8 Å². The average molecular weight is 802 g/mol. The zero-order chi connectivity index (χ0) is 42.5. The summed E-state index contributed by atoms with van der Waals surface area (Å²) < 4.78 is 25.4. The lowest BCUT2D eigenvalue weighted by molar-refractivity contribution is -0.160. The summed E-state index contributed by atoms with van der Waals surface area (Å²) in [5.41, 5.74) is 1.93. The van der Waals surface area contributed by atoms with Crippen molar-refractivity contribution in [1.82, 2.24) is 9.38 Å². The van der Waals surface area contributed by atoms with Crippen LogP contribution in [0.2, 0.25) is 0 Å². The van der Waals surface area contributed by atoms with Gasteiger partial charge in [-0.25, -0.2) is 4.98 Å². The van der Waals surface area contributed by atoms with Gasteiger partial charge in [0.05, 0.1) is 42.1 Å². The molecule has 15 heteroatoms. The Kier molecular flexibility index (Phi) is 11.7. The number of phenols is 2. The van der Waals surface area contributed by atoms with Gasteiger partial charge in [0.1, 0.15) is 40.0 Å². The molecule has 0 saturated heterocycles. The largest absolute Gasteiger partial charge is 0.507 e. The highest BCUT2D eigenvalue weighted by Crippen LogP contribution is 2.54. The van der Waals surface area contributed by atoms with E-state index in [-0.39, 0.29) is 49.9 Å². The molecule has 6 rings (SSSR count). The number of rotatable bonds is 3. The monoisotopic (exact) mass is 801 g/mol. The van der Waals surface area contributed by atoms with Gasteiger partial charge in [-0.2, -0.15) is 0 Å². The third-order valence-corrected chi connectivity index (χ3v) is 11.6. The van der Waals surface area contributed by atoms with Crippen molar-refractivity contribution in [2.24, 2.45) is 23.7 Å². The molecule has 9 atom stereocenters. The van der Waals surface area contributed by atoms with Crippen LogP contribution in [0, 0.1) is 37.5 Å². The van der Waals surface area contributed by atoms with E-state index in [9.17, 15) is 39.9 Å². The number of esters is 1. The first-order valence-electron chi connectivity index (χ1n) is 19.1. The van der Waals surface area contributed by atoms with E-state index >= 15 is 0 Å². The van der Waals surface area contributed by atoms with E-state index in [1.807, 2.05) is 13.0 Å². The summed E-state index contributed by atoms with van der Waals surface area (Å²) in [4.78, 5) is 45.6. The van der Waals surface area contributed by atoms with E-state index in [2.05, 4.69) is 5.32 Å². The SMILES string of the molecule is CO[C@H]1/C=C/O[C@@]2(C)Oc3c(C)c(O)c4c(O)c(c5c(nc6cc(C)ccn65)c4c3C2=O)NC(=O)/C(C)=C\C=C\[C@H](CO)[C@H](O)[C@@H](C)[C@@H](O)[C@@H](C)[C@H](OC(C)=O)[C@@H]1C. The highest BCUT2D eigenvalue weighted by Gasteiger charge is 2.50. The Morgan fingerprint density at radius 2 is 1.72 bits per heavy atom. The molecule has 2 aromatic heterocycles. The number of carbonyl (C=O) groups excluding carboxylic acids is 3. The Morgan fingerprint density at radius 1 is 1.02 bits per heavy atom. The molecule has 0 unspecified atom stereocenters. The molecule has 4 heterocycles. The summed E-state index contributed by atoms with van der Waals surface area (Å²) in [5, 5.41) is 59.6. The summed E-state index contributed by atoms with van der Waals surface area (Å²) >= 11 is 0. The van der Waals surface area contributed by atoms with Crippen molar-refractivity contribution >= 4 is 50.8 Å². The molecular formula is C43H51N3O12. The zero-order valence-electron chi connectivity index (χ0n) is 33.9. The average Bonchev–Trinajstić information content (AvgIpc) is 3.69. The minimum Gasteiger partial charge on any atom is -0.507 e. The number of benzene rings is 2. The van der Waals surface area contributed by atoms with Crippen molar-refractivity contribution in [3.8, 4) is 17.2 Å². The molecule has 15 nitrogen and oxygen atoms in total. The topological polar surface area (TPSA) is 219 Å². The lowest BCUT2D eigenvalue weighted by Crippen LogP contribution is -2.47. The second-order valence-corrected chi connectivity index (χ2v) is 15.6. The number of aliphatic hydroxyl groups excluding tert-OH is 3. The Morgan fingerprint density at radius 3 is 2.38 bits per heavy atom. The number of allylic oxidation sites excluding steroid dienone is 2.